The van der Waals surface area contributed by atoms with E-state index in [1.165, 1.54) is 0 Å². The van der Waals surface area contributed by atoms with Gasteiger partial charge in [0.1, 0.15) is 12.4 Å². The van der Waals surface area contributed by atoms with Crippen LogP contribution in [0.1, 0.15) is 62.9 Å². The zero-order chi connectivity index (χ0) is 28.7. The van der Waals surface area contributed by atoms with Gasteiger partial charge in [0, 0.05) is 28.9 Å². The quantitative estimate of drug-likeness (QED) is 0.468. The van der Waals surface area contributed by atoms with Crippen molar-refractivity contribution in [2.45, 2.75) is 70.1 Å². The maximum Gasteiger partial charge on any atom is 0.218 e. The molecule has 4 N–H and O–H groups in total. The second-order valence-electron chi connectivity index (χ2n) is 13.1. The van der Waals surface area contributed by atoms with Gasteiger partial charge in [-0.05, 0) is 79.5 Å². The molecule has 0 spiro atoms. The van der Waals surface area contributed by atoms with Gasteiger partial charge >= 0.3 is 0 Å². The van der Waals surface area contributed by atoms with Crippen molar-refractivity contribution in [1.29, 1.82) is 0 Å². The smallest absolute Gasteiger partial charge is 0.218 e. The van der Waals surface area contributed by atoms with Crippen LogP contribution in [0.15, 0.2) is 64.6 Å². The molecule has 4 fully saturated rings. The number of hydrogen-bond donors (Lipinski definition) is 3. The molecule has 1 saturated heterocycles. The summed E-state index contributed by atoms with van der Waals surface area (Å²) in [7, 11) is 0. The molecule has 9 atom stereocenters. The molecule has 0 radical (unpaired) electrons. The average molecular weight is 560 g/mol. The van der Waals surface area contributed by atoms with E-state index in [-0.39, 0.29) is 23.5 Å². The third kappa shape index (κ3) is 3.74. The molecule has 5 aliphatic rings. The van der Waals surface area contributed by atoms with E-state index in [9.17, 15) is 19.8 Å². The highest BCUT2D eigenvalue weighted by Gasteiger charge is 2.76. The summed E-state index contributed by atoms with van der Waals surface area (Å²) in [6.45, 7) is 3.47. The lowest BCUT2D eigenvalue weighted by Gasteiger charge is -2.59. The second kappa shape index (κ2) is 9.23. The lowest BCUT2D eigenvalue weighted by Crippen LogP contribution is -2.63. The summed E-state index contributed by atoms with van der Waals surface area (Å²) in [5.41, 5.74) is 6.13. The highest BCUT2D eigenvalue weighted by Crippen LogP contribution is 2.70. The molecule has 8 nitrogen and oxygen atoms in total. The summed E-state index contributed by atoms with van der Waals surface area (Å²) >= 11 is 0. The normalized spacial score (nSPS) is 40.9. The number of furan rings is 1. The van der Waals surface area contributed by atoms with Crippen molar-refractivity contribution < 1.29 is 33.7 Å². The summed E-state index contributed by atoms with van der Waals surface area (Å²) in [4.78, 5) is 25.8. The van der Waals surface area contributed by atoms with Crippen LogP contribution >= 0.6 is 0 Å². The van der Waals surface area contributed by atoms with Crippen LogP contribution in [0.25, 0.3) is 0 Å². The van der Waals surface area contributed by atoms with E-state index < -0.39 is 47.3 Å². The molecular formula is C33H37NO7. The van der Waals surface area contributed by atoms with Crippen LogP contribution in [0.5, 0.6) is 0 Å². The molecule has 1 aromatic heterocycles. The maximum atomic E-state index is 13.7. The van der Waals surface area contributed by atoms with Crippen molar-refractivity contribution in [2.24, 2.45) is 28.6 Å². The van der Waals surface area contributed by atoms with E-state index in [4.69, 9.17) is 19.6 Å². The number of nitrogens with two attached hydrogens (primary N) is 1. The van der Waals surface area contributed by atoms with Gasteiger partial charge in [-0.1, -0.05) is 37.6 Å². The van der Waals surface area contributed by atoms with Gasteiger partial charge in [-0.15, -0.1) is 0 Å². The number of hydrogen-bond acceptors (Lipinski definition) is 8. The minimum Gasteiger partial charge on any atom is -0.460 e. The van der Waals surface area contributed by atoms with Gasteiger partial charge in [0.15, 0.2) is 22.9 Å². The van der Waals surface area contributed by atoms with Crippen LogP contribution < -0.4 is 5.73 Å². The number of nitrogen functional groups attached to an aromatic ring is 1. The topological polar surface area (TPSA) is 132 Å². The third-order valence-electron chi connectivity index (χ3n) is 11.0. The molecule has 3 saturated carbocycles. The van der Waals surface area contributed by atoms with E-state index in [0.717, 1.165) is 29.7 Å². The first-order valence-corrected chi connectivity index (χ1v) is 14.6. The van der Waals surface area contributed by atoms with Crippen LogP contribution in [0.3, 0.4) is 0 Å². The minimum absolute atomic E-state index is 0.00391. The number of aliphatic hydroxyl groups excluding tert-OH is 2. The van der Waals surface area contributed by atoms with E-state index in [0.29, 0.717) is 30.7 Å². The van der Waals surface area contributed by atoms with Crippen molar-refractivity contribution in [3.8, 4) is 0 Å². The largest absolute Gasteiger partial charge is 0.460 e. The zero-order valence-corrected chi connectivity index (χ0v) is 23.4. The second-order valence-corrected chi connectivity index (χ2v) is 13.1. The Morgan fingerprint density at radius 2 is 2.02 bits per heavy atom. The van der Waals surface area contributed by atoms with Crippen molar-refractivity contribution in [1.82, 2.24) is 0 Å². The van der Waals surface area contributed by atoms with Crippen LogP contribution in [0.2, 0.25) is 0 Å². The minimum atomic E-state index is -1.40. The average Bonchev–Trinajstić information content (AvgIpc) is 3.61. The van der Waals surface area contributed by atoms with Gasteiger partial charge in [0.25, 0.3) is 0 Å². The molecule has 4 aliphatic carbocycles. The Morgan fingerprint density at radius 3 is 2.80 bits per heavy atom. The predicted octanol–water partition coefficient (Wildman–Crippen LogP) is 4.06. The molecule has 0 amide bonds. The molecular weight excluding hydrogens is 522 g/mol. The molecule has 1 aliphatic heterocycles. The van der Waals surface area contributed by atoms with Gasteiger partial charge in [-0.3, -0.25) is 9.59 Å². The number of anilines is 1. The van der Waals surface area contributed by atoms with Gasteiger partial charge < -0.3 is 29.8 Å². The maximum absolute atomic E-state index is 13.7. The zero-order valence-electron chi connectivity index (χ0n) is 23.4. The Morgan fingerprint density at radius 1 is 1.20 bits per heavy atom. The summed E-state index contributed by atoms with van der Waals surface area (Å²) in [6, 6.07) is 11.3. The molecule has 216 valence electrons. The van der Waals surface area contributed by atoms with Gasteiger partial charge in [0.2, 0.25) is 6.29 Å². The number of Topliss-reactive ketones (excluding diaryl/α,β-unsaturated/α-hetero) is 1. The fourth-order valence-electron chi connectivity index (χ4n) is 9.33. The standard InChI is InChI=1S/C33H37NO7/c1-31-11-10-21(36)14-19(31)6-8-23-24-15-28-33(27(38)17-35,32(24,2)16-25(37)29(23)31)41-30(40-28)26-9-7-22(39-26)13-18-4-3-5-20(34)12-18/h3-5,7,9-12,14,23-25,28-30,35,37H,6,8,13,15-17,34H2,1-2H3/t23-,24-,25-,28+,29+,30-,31-,32-,33+/m0/s1. The molecule has 1 aromatic carbocycles. The van der Waals surface area contributed by atoms with Crippen LogP contribution in [-0.4, -0.2) is 46.2 Å². The SMILES string of the molecule is C[C@]12C=CC(=O)C=C1CC[C@@H]1[C@@H]2[C@@H](O)C[C@@]2(C)[C@H]1C[C@H]1O[C@H](c3ccc(Cc4cccc(N)c4)o3)O[C@]12C(=O)CO. The molecule has 2 heterocycles. The number of aliphatic hydroxyl groups is 2. The lowest BCUT2D eigenvalue weighted by atomic mass is 9.46. The Bertz CT molecular complexity index is 1480. The Labute approximate surface area is 239 Å². The molecule has 0 bridgehead atoms. The number of ketones is 2. The van der Waals surface area contributed by atoms with Crippen molar-refractivity contribution in [2.75, 3.05) is 12.3 Å². The highest BCUT2D eigenvalue weighted by molar-refractivity contribution is 6.01. The summed E-state index contributed by atoms with van der Waals surface area (Å²) < 4.78 is 19.2. The predicted molar refractivity (Wildman–Crippen MR) is 149 cm³/mol. The Hall–Kier alpha value is -3.04. The Balaban J connectivity index is 1.19. The number of fused-ring (bicyclic) bond motifs is 7. The summed E-state index contributed by atoms with van der Waals surface area (Å²) in [6.07, 6.45) is 6.18. The fraction of sp³-hybridized carbons (Fsp3) is 0.515. The molecule has 2 aromatic rings. The van der Waals surface area contributed by atoms with E-state index in [1.807, 2.05) is 49.4 Å². The Kier molecular flexibility index (Phi) is 6.04. The first-order chi connectivity index (χ1) is 19.6. The van der Waals surface area contributed by atoms with Gasteiger partial charge in [-0.25, -0.2) is 0 Å². The monoisotopic (exact) mass is 559 g/mol. The summed E-state index contributed by atoms with van der Waals surface area (Å²) in [5, 5.41) is 22.0. The first-order valence-electron chi connectivity index (χ1n) is 14.6. The van der Waals surface area contributed by atoms with Gasteiger partial charge in [-0.2, -0.15) is 0 Å². The number of carbonyl (C=O) groups excluding carboxylic acids is 2. The number of rotatable bonds is 5. The number of carbonyl (C=O) groups is 2. The molecule has 41 heavy (non-hydrogen) atoms. The van der Waals surface area contributed by atoms with Crippen molar-refractivity contribution in [3.63, 3.8) is 0 Å². The third-order valence-corrected chi connectivity index (χ3v) is 11.0. The number of benzene rings is 1. The molecule has 8 heteroatoms. The highest BCUT2D eigenvalue weighted by atomic mass is 16.8. The van der Waals surface area contributed by atoms with Crippen LogP contribution in [-0.2, 0) is 25.5 Å². The van der Waals surface area contributed by atoms with Crippen molar-refractivity contribution in [3.05, 3.63) is 77.3 Å². The first kappa shape index (κ1) is 26.8. The molecule has 0 unspecified atom stereocenters. The van der Waals surface area contributed by atoms with Gasteiger partial charge in [0.05, 0.1) is 12.2 Å². The fourth-order valence-corrected chi connectivity index (χ4v) is 9.33. The lowest BCUT2D eigenvalue weighted by molar-refractivity contribution is -0.203. The summed E-state index contributed by atoms with van der Waals surface area (Å²) in [5.74, 6) is 0.828. The number of ether oxygens (including phenoxy) is 2. The number of allylic oxidation sites excluding steroid dienone is 4. The van der Waals surface area contributed by atoms with Crippen LogP contribution in [0.4, 0.5) is 5.69 Å². The molecule has 7 rings (SSSR count). The van der Waals surface area contributed by atoms with E-state index in [1.54, 1.807) is 12.2 Å². The van der Waals surface area contributed by atoms with E-state index in [2.05, 4.69) is 6.92 Å². The van der Waals surface area contributed by atoms with Crippen molar-refractivity contribution >= 4 is 17.3 Å². The van der Waals surface area contributed by atoms with Crippen LogP contribution in [0, 0.1) is 28.6 Å². The van der Waals surface area contributed by atoms with E-state index >= 15 is 0 Å².